The molecule has 1 aromatic rings. The Kier molecular flexibility index (Phi) is 5.90. The van der Waals surface area contributed by atoms with Crippen LogP contribution in [0.2, 0.25) is 0 Å². The monoisotopic (exact) mass is 325 g/mol. The number of thiazole rings is 1. The summed E-state index contributed by atoms with van der Waals surface area (Å²) in [5.41, 5.74) is 0.766. The van der Waals surface area contributed by atoms with Crippen molar-refractivity contribution in [2.75, 3.05) is 33.9 Å². The first-order valence-corrected chi connectivity index (χ1v) is 8.35. The molecule has 6 nitrogen and oxygen atoms in total. The third kappa shape index (κ3) is 4.04. The van der Waals surface area contributed by atoms with Crippen molar-refractivity contribution >= 4 is 23.2 Å². The summed E-state index contributed by atoms with van der Waals surface area (Å²) < 4.78 is 5.50. The Morgan fingerprint density at radius 2 is 2.27 bits per heavy atom. The molecule has 122 valence electrons. The normalized spacial score (nSPS) is 18.0. The van der Waals surface area contributed by atoms with Gasteiger partial charge in [-0.2, -0.15) is 0 Å². The molecule has 0 aliphatic carbocycles. The van der Waals surface area contributed by atoms with E-state index < -0.39 is 0 Å². The molecule has 1 fully saturated rings. The molecular formula is C15H23N3O3S. The van der Waals surface area contributed by atoms with Gasteiger partial charge in [0.2, 0.25) is 5.91 Å². The lowest BCUT2D eigenvalue weighted by Gasteiger charge is -2.19. The Labute approximate surface area is 134 Å². The van der Waals surface area contributed by atoms with Crippen LogP contribution in [0.3, 0.4) is 0 Å². The fraction of sp³-hybridized carbons (Fsp3) is 0.667. The SMILES string of the molecule is CNC(=O)CCN(C)C(=O)c1sc(C2CCCOC2)nc1C. The van der Waals surface area contributed by atoms with Gasteiger partial charge in [-0.3, -0.25) is 9.59 Å². The number of aryl methyl sites for hydroxylation is 1. The zero-order chi connectivity index (χ0) is 16.1. The molecule has 1 saturated heterocycles. The molecule has 0 aromatic carbocycles. The largest absolute Gasteiger partial charge is 0.381 e. The number of nitrogens with one attached hydrogen (secondary N) is 1. The fourth-order valence-corrected chi connectivity index (χ4v) is 3.58. The summed E-state index contributed by atoms with van der Waals surface area (Å²) in [6.45, 7) is 3.77. The van der Waals surface area contributed by atoms with Gasteiger partial charge in [0.15, 0.2) is 0 Å². The quantitative estimate of drug-likeness (QED) is 0.892. The average Bonchev–Trinajstić information content (AvgIpc) is 2.94. The highest BCUT2D eigenvalue weighted by atomic mass is 32.1. The smallest absolute Gasteiger partial charge is 0.265 e. The summed E-state index contributed by atoms with van der Waals surface area (Å²) >= 11 is 1.46. The number of carbonyl (C=O) groups is 2. The van der Waals surface area contributed by atoms with E-state index in [0.29, 0.717) is 30.4 Å². The topological polar surface area (TPSA) is 71.5 Å². The number of hydrogen-bond acceptors (Lipinski definition) is 5. The van der Waals surface area contributed by atoms with E-state index in [-0.39, 0.29) is 11.8 Å². The van der Waals surface area contributed by atoms with Crippen molar-refractivity contribution in [2.24, 2.45) is 0 Å². The predicted molar refractivity (Wildman–Crippen MR) is 85.3 cm³/mol. The van der Waals surface area contributed by atoms with Gasteiger partial charge in [0.25, 0.3) is 5.91 Å². The molecule has 2 heterocycles. The fourth-order valence-electron chi connectivity index (χ4n) is 2.39. The summed E-state index contributed by atoms with van der Waals surface area (Å²) in [5, 5.41) is 3.54. The summed E-state index contributed by atoms with van der Waals surface area (Å²) in [6, 6.07) is 0. The van der Waals surface area contributed by atoms with Crippen molar-refractivity contribution in [1.82, 2.24) is 15.2 Å². The van der Waals surface area contributed by atoms with Gasteiger partial charge in [-0.05, 0) is 19.8 Å². The maximum Gasteiger partial charge on any atom is 0.265 e. The molecule has 0 spiro atoms. The molecule has 1 aromatic heterocycles. The zero-order valence-corrected chi connectivity index (χ0v) is 14.2. The Hall–Kier alpha value is -1.47. The third-order valence-electron chi connectivity index (χ3n) is 3.82. The lowest BCUT2D eigenvalue weighted by atomic mass is 10.0. The highest BCUT2D eigenvalue weighted by molar-refractivity contribution is 7.13. The average molecular weight is 325 g/mol. The second-order valence-electron chi connectivity index (χ2n) is 5.53. The molecule has 0 bridgehead atoms. The predicted octanol–water partition coefficient (Wildman–Crippen LogP) is 1.55. The minimum atomic E-state index is -0.0688. The van der Waals surface area contributed by atoms with Crippen LogP contribution in [-0.4, -0.2) is 55.6 Å². The van der Waals surface area contributed by atoms with Crippen LogP contribution in [0.5, 0.6) is 0 Å². The second kappa shape index (κ2) is 7.69. The van der Waals surface area contributed by atoms with E-state index in [9.17, 15) is 9.59 Å². The van der Waals surface area contributed by atoms with Crippen LogP contribution < -0.4 is 5.32 Å². The van der Waals surface area contributed by atoms with E-state index in [4.69, 9.17) is 4.74 Å². The van der Waals surface area contributed by atoms with E-state index in [1.807, 2.05) is 6.92 Å². The van der Waals surface area contributed by atoms with Crippen LogP contribution in [0.4, 0.5) is 0 Å². The minimum absolute atomic E-state index is 0.0677. The summed E-state index contributed by atoms with van der Waals surface area (Å²) in [4.78, 5) is 30.6. The minimum Gasteiger partial charge on any atom is -0.381 e. The van der Waals surface area contributed by atoms with E-state index in [1.165, 1.54) is 11.3 Å². The maximum atomic E-state index is 12.5. The van der Waals surface area contributed by atoms with E-state index >= 15 is 0 Å². The van der Waals surface area contributed by atoms with Crippen LogP contribution in [0.1, 0.15) is 45.6 Å². The van der Waals surface area contributed by atoms with Crippen LogP contribution in [0.25, 0.3) is 0 Å². The Bertz CT molecular complexity index is 538. The van der Waals surface area contributed by atoms with E-state index in [0.717, 1.165) is 30.2 Å². The molecule has 1 aliphatic rings. The van der Waals surface area contributed by atoms with Crippen molar-refractivity contribution in [1.29, 1.82) is 0 Å². The highest BCUT2D eigenvalue weighted by Gasteiger charge is 2.24. The summed E-state index contributed by atoms with van der Waals surface area (Å²) in [7, 11) is 3.31. The van der Waals surface area contributed by atoms with Crippen LogP contribution >= 0.6 is 11.3 Å². The molecule has 7 heteroatoms. The van der Waals surface area contributed by atoms with Crippen molar-refractivity contribution in [2.45, 2.75) is 32.1 Å². The summed E-state index contributed by atoms with van der Waals surface area (Å²) in [5.74, 6) is 0.165. The maximum absolute atomic E-state index is 12.5. The summed E-state index contributed by atoms with van der Waals surface area (Å²) in [6.07, 6.45) is 2.41. The Morgan fingerprint density at radius 1 is 1.50 bits per heavy atom. The molecule has 1 aliphatic heterocycles. The zero-order valence-electron chi connectivity index (χ0n) is 13.3. The van der Waals surface area contributed by atoms with E-state index in [2.05, 4.69) is 10.3 Å². The number of ether oxygens (including phenoxy) is 1. The molecule has 1 unspecified atom stereocenters. The van der Waals surface area contributed by atoms with Crippen molar-refractivity contribution in [3.63, 3.8) is 0 Å². The van der Waals surface area contributed by atoms with Gasteiger partial charge in [-0.1, -0.05) is 0 Å². The van der Waals surface area contributed by atoms with Gasteiger partial charge in [0.05, 0.1) is 17.3 Å². The van der Waals surface area contributed by atoms with Crippen LogP contribution in [-0.2, 0) is 9.53 Å². The van der Waals surface area contributed by atoms with Crippen LogP contribution in [0, 0.1) is 6.92 Å². The van der Waals surface area contributed by atoms with Gasteiger partial charge in [-0.25, -0.2) is 4.98 Å². The number of amides is 2. The van der Waals surface area contributed by atoms with Gasteiger partial charge >= 0.3 is 0 Å². The number of carbonyl (C=O) groups excluding carboxylic acids is 2. The van der Waals surface area contributed by atoms with Gasteiger partial charge < -0.3 is 15.0 Å². The lowest BCUT2D eigenvalue weighted by Crippen LogP contribution is -2.31. The second-order valence-corrected chi connectivity index (χ2v) is 6.56. The van der Waals surface area contributed by atoms with Crippen molar-refractivity contribution < 1.29 is 14.3 Å². The van der Waals surface area contributed by atoms with Gasteiger partial charge in [0.1, 0.15) is 4.88 Å². The first-order valence-electron chi connectivity index (χ1n) is 7.54. The third-order valence-corrected chi connectivity index (χ3v) is 5.12. The molecule has 1 N–H and O–H groups in total. The first-order chi connectivity index (χ1) is 10.5. The molecule has 2 amide bonds. The Balaban J connectivity index is 2.02. The van der Waals surface area contributed by atoms with Gasteiger partial charge in [0, 0.05) is 39.6 Å². The highest BCUT2D eigenvalue weighted by Crippen LogP contribution is 2.31. The molecule has 1 atom stereocenters. The molecule has 0 radical (unpaired) electrons. The van der Waals surface area contributed by atoms with Crippen molar-refractivity contribution in [3.05, 3.63) is 15.6 Å². The lowest BCUT2D eigenvalue weighted by molar-refractivity contribution is -0.120. The number of nitrogens with zero attached hydrogens (tertiary/aromatic N) is 2. The Morgan fingerprint density at radius 3 is 2.91 bits per heavy atom. The number of aromatic nitrogens is 1. The molecule has 0 saturated carbocycles. The van der Waals surface area contributed by atoms with Crippen LogP contribution in [0.15, 0.2) is 0 Å². The molecule has 2 rings (SSSR count). The molecular weight excluding hydrogens is 302 g/mol. The van der Waals surface area contributed by atoms with E-state index in [1.54, 1.807) is 19.0 Å². The number of hydrogen-bond donors (Lipinski definition) is 1. The van der Waals surface area contributed by atoms with Crippen molar-refractivity contribution in [3.8, 4) is 0 Å². The van der Waals surface area contributed by atoms with Gasteiger partial charge in [-0.15, -0.1) is 11.3 Å². The number of rotatable bonds is 5. The standard InChI is InChI=1S/C15H23N3O3S/c1-10-13(15(20)18(3)7-6-12(19)16-2)22-14(17-10)11-5-4-8-21-9-11/h11H,4-9H2,1-3H3,(H,16,19). The first kappa shape index (κ1) is 16.9. The molecule has 22 heavy (non-hydrogen) atoms.